The molecule has 0 saturated carbocycles. The molecule has 0 aromatic heterocycles. The molecule has 0 unspecified atom stereocenters. The van der Waals surface area contributed by atoms with Gasteiger partial charge in [0.25, 0.3) is 0 Å². The Bertz CT molecular complexity index is 1370. The summed E-state index contributed by atoms with van der Waals surface area (Å²) >= 11 is 0. The van der Waals surface area contributed by atoms with Crippen LogP contribution in [0, 0.1) is 11.6 Å². The van der Waals surface area contributed by atoms with E-state index in [1.54, 1.807) is 0 Å². The van der Waals surface area contributed by atoms with Crippen molar-refractivity contribution in [2.75, 3.05) is 19.1 Å². The zero-order valence-corrected chi connectivity index (χ0v) is 17.8. The normalized spacial score (nSPS) is 14.4. The number of allylic oxidation sites excluding steroid dienone is 1. The Balaban J connectivity index is 1.91. The minimum Gasteiger partial charge on any atom is -0.493 e. The summed E-state index contributed by atoms with van der Waals surface area (Å²) in [5.41, 5.74) is 0.242. The molecular weight excluding hydrogens is 440 g/mol. The fourth-order valence-corrected chi connectivity index (χ4v) is 4.94. The zero-order valence-electron chi connectivity index (χ0n) is 17.0. The second-order valence-electron chi connectivity index (χ2n) is 6.86. The van der Waals surface area contributed by atoms with Crippen LogP contribution in [0.1, 0.15) is 10.4 Å². The van der Waals surface area contributed by atoms with Gasteiger partial charge in [-0.15, -0.1) is 0 Å². The lowest BCUT2D eigenvalue weighted by Gasteiger charge is -2.29. The molecular formula is C23H17F2NO5S. The van der Waals surface area contributed by atoms with Gasteiger partial charge < -0.3 is 14.4 Å². The lowest BCUT2D eigenvalue weighted by atomic mass is 10.1. The maximum absolute atomic E-state index is 14.0. The zero-order chi connectivity index (χ0) is 23.0. The van der Waals surface area contributed by atoms with Crippen molar-refractivity contribution in [3.8, 4) is 11.5 Å². The molecule has 0 aliphatic carbocycles. The molecule has 1 aliphatic rings. The van der Waals surface area contributed by atoms with E-state index < -0.39 is 32.2 Å². The van der Waals surface area contributed by atoms with Crippen molar-refractivity contribution in [1.82, 2.24) is 0 Å². The highest BCUT2D eigenvalue weighted by Gasteiger charge is 2.36. The maximum Gasteiger partial charge on any atom is 0.214 e. The van der Waals surface area contributed by atoms with Crippen LogP contribution >= 0.6 is 0 Å². The van der Waals surface area contributed by atoms with Crippen molar-refractivity contribution in [1.29, 1.82) is 0 Å². The highest BCUT2D eigenvalue weighted by Crippen LogP contribution is 2.41. The SMILES string of the molecule is COc1ccc(C(=O)C2=CN(c3cccc(F)c3)c3cc(F)ccc3S2(=O)=O)cc1OC. The summed E-state index contributed by atoms with van der Waals surface area (Å²) in [6.45, 7) is 0. The van der Waals surface area contributed by atoms with E-state index in [1.807, 2.05) is 0 Å². The van der Waals surface area contributed by atoms with Gasteiger partial charge in [0.1, 0.15) is 16.5 Å². The first-order chi connectivity index (χ1) is 15.3. The van der Waals surface area contributed by atoms with Crippen molar-refractivity contribution >= 4 is 27.0 Å². The van der Waals surface area contributed by atoms with Gasteiger partial charge in [0.15, 0.2) is 11.5 Å². The predicted molar refractivity (Wildman–Crippen MR) is 114 cm³/mol. The summed E-state index contributed by atoms with van der Waals surface area (Å²) in [6.07, 6.45) is 1.07. The third-order valence-corrected chi connectivity index (χ3v) is 6.76. The summed E-state index contributed by atoms with van der Waals surface area (Å²) in [5.74, 6) is -1.44. The fourth-order valence-electron chi connectivity index (χ4n) is 3.42. The van der Waals surface area contributed by atoms with Crippen LogP contribution in [0.4, 0.5) is 20.2 Å². The summed E-state index contributed by atoms with van der Waals surface area (Å²) in [4.78, 5) is 13.7. The molecule has 0 saturated heterocycles. The van der Waals surface area contributed by atoms with E-state index >= 15 is 0 Å². The van der Waals surface area contributed by atoms with E-state index in [0.717, 1.165) is 30.5 Å². The Morgan fingerprint density at radius 2 is 1.59 bits per heavy atom. The smallest absolute Gasteiger partial charge is 0.214 e. The Morgan fingerprint density at radius 1 is 0.875 bits per heavy atom. The molecule has 3 aromatic rings. The summed E-state index contributed by atoms with van der Waals surface area (Å²) < 4.78 is 64.8. The number of hydrogen-bond acceptors (Lipinski definition) is 6. The molecule has 0 radical (unpaired) electrons. The van der Waals surface area contributed by atoms with Gasteiger partial charge in [-0.25, -0.2) is 17.2 Å². The average molecular weight is 457 g/mol. The van der Waals surface area contributed by atoms with Crippen LogP contribution in [-0.2, 0) is 9.84 Å². The van der Waals surface area contributed by atoms with Crippen LogP contribution in [0.15, 0.2) is 76.7 Å². The fraction of sp³-hybridized carbons (Fsp3) is 0.0870. The van der Waals surface area contributed by atoms with Gasteiger partial charge in [-0.1, -0.05) is 6.07 Å². The van der Waals surface area contributed by atoms with Gasteiger partial charge in [0.2, 0.25) is 15.6 Å². The topological polar surface area (TPSA) is 72.9 Å². The van der Waals surface area contributed by atoms with Crippen LogP contribution in [0.2, 0.25) is 0 Å². The van der Waals surface area contributed by atoms with Crippen LogP contribution in [0.3, 0.4) is 0 Å². The molecule has 3 aromatic carbocycles. The molecule has 6 nitrogen and oxygen atoms in total. The number of hydrogen-bond donors (Lipinski definition) is 0. The molecule has 4 rings (SSSR count). The molecule has 32 heavy (non-hydrogen) atoms. The summed E-state index contributed by atoms with van der Waals surface area (Å²) in [5, 5.41) is 0. The van der Waals surface area contributed by atoms with Gasteiger partial charge in [-0.2, -0.15) is 0 Å². The van der Waals surface area contributed by atoms with Crippen LogP contribution < -0.4 is 14.4 Å². The maximum atomic E-state index is 14.0. The van der Waals surface area contributed by atoms with E-state index in [0.29, 0.717) is 5.75 Å². The van der Waals surface area contributed by atoms with E-state index in [9.17, 15) is 22.0 Å². The number of sulfone groups is 1. The van der Waals surface area contributed by atoms with Crippen molar-refractivity contribution in [3.05, 3.63) is 89.0 Å². The third kappa shape index (κ3) is 3.60. The lowest BCUT2D eigenvalue weighted by molar-refractivity contribution is 0.104. The first kappa shape index (κ1) is 21.5. The van der Waals surface area contributed by atoms with Crippen molar-refractivity contribution < 1.29 is 31.5 Å². The highest BCUT2D eigenvalue weighted by atomic mass is 32.2. The number of fused-ring (bicyclic) bond motifs is 1. The Hall–Kier alpha value is -3.72. The standard InChI is InChI=1S/C23H17F2NO5S/c1-30-19-8-6-14(10-20(19)31-2)23(27)22-13-26(17-5-3-4-15(24)11-17)18-12-16(25)7-9-21(18)32(22,28)29/h3-13H,1-2H3. The number of anilines is 2. The van der Waals surface area contributed by atoms with E-state index in [2.05, 4.69) is 0 Å². The number of nitrogens with zero attached hydrogens (tertiary/aromatic N) is 1. The number of Topliss-reactive ketones (excluding diaryl/α,β-unsaturated/α-hetero) is 1. The molecule has 0 atom stereocenters. The molecule has 0 N–H and O–H groups in total. The number of methoxy groups -OCH3 is 2. The molecule has 0 amide bonds. The minimum atomic E-state index is -4.30. The first-order valence-electron chi connectivity index (χ1n) is 9.34. The minimum absolute atomic E-state index is 0.0283. The van der Waals surface area contributed by atoms with Crippen LogP contribution in [-0.4, -0.2) is 28.4 Å². The predicted octanol–water partition coefficient (Wildman–Crippen LogP) is 4.63. The molecule has 0 spiro atoms. The molecule has 0 bridgehead atoms. The summed E-state index contributed by atoms with van der Waals surface area (Å²) in [6, 6.07) is 12.7. The Morgan fingerprint density at radius 3 is 2.28 bits per heavy atom. The quantitative estimate of drug-likeness (QED) is 0.411. The van der Waals surface area contributed by atoms with Gasteiger partial charge in [-0.05, 0) is 54.6 Å². The number of rotatable bonds is 5. The average Bonchev–Trinajstić information content (AvgIpc) is 2.78. The number of ether oxygens (including phenoxy) is 2. The molecule has 1 heterocycles. The highest BCUT2D eigenvalue weighted by molar-refractivity contribution is 7.96. The number of benzene rings is 3. The van der Waals surface area contributed by atoms with Crippen LogP contribution in [0.5, 0.6) is 11.5 Å². The Kier molecular flexibility index (Phi) is 5.43. The van der Waals surface area contributed by atoms with Crippen molar-refractivity contribution in [3.63, 3.8) is 0 Å². The van der Waals surface area contributed by atoms with Gasteiger partial charge in [0.05, 0.1) is 24.8 Å². The monoisotopic (exact) mass is 457 g/mol. The molecule has 9 heteroatoms. The molecule has 0 fully saturated rings. The largest absolute Gasteiger partial charge is 0.493 e. The Labute approximate surface area is 183 Å². The van der Waals surface area contributed by atoms with Gasteiger partial charge in [-0.3, -0.25) is 4.79 Å². The van der Waals surface area contributed by atoms with Crippen molar-refractivity contribution in [2.45, 2.75) is 4.90 Å². The second-order valence-corrected chi connectivity index (χ2v) is 8.74. The number of carbonyl (C=O) groups excluding carboxylic acids is 1. The van der Waals surface area contributed by atoms with Crippen LogP contribution in [0.25, 0.3) is 0 Å². The first-order valence-corrected chi connectivity index (χ1v) is 10.8. The second kappa shape index (κ2) is 8.08. The lowest BCUT2D eigenvalue weighted by Crippen LogP contribution is -2.26. The molecule has 164 valence electrons. The number of ketones is 1. The van der Waals surface area contributed by atoms with E-state index in [4.69, 9.17) is 9.47 Å². The number of carbonyl (C=O) groups is 1. The molecule has 1 aliphatic heterocycles. The van der Waals surface area contributed by atoms with Gasteiger partial charge >= 0.3 is 0 Å². The number of halogens is 2. The van der Waals surface area contributed by atoms with E-state index in [1.165, 1.54) is 55.5 Å². The third-order valence-electron chi connectivity index (χ3n) is 4.96. The van der Waals surface area contributed by atoms with Gasteiger partial charge in [0, 0.05) is 17.5 Å². The van der Waals surface area contributed by atoms with Crippen molar-refractivity contribution in [2.24, 2.45) is 0 Å². The van der Waals surface area contributed by atoms with E-state index in [-0.39, 0.29) is 27.6 Å². The summed E-state index contributed by atoms with van der Waals surface area (Å²) in [7, 11) is -1.48.